The van der Waals surface area contributed by atoms with Gasteiger partial charge in [-0.2, -0.15) is 11.3 Å². The van der Waals surface area contributed by atoms with Gasteiger partial charge in [-0.15, -0.1) is 0 Å². The fourth-order valence-corrected chi connectivity index (χ4v) is 2.93. The molecule has 2 heterocycles. The van der Waals surface area contributed by atoms with Crippen LogP contribution in [0.1, 0.15) is 24.8 Å². The second kappa shape index (κ2) is 6.16. The van der Waals surface area contributed by atoms with Gasteiger partial charge in [0.05, 0.1) is 25.0 Å². The standard InChI is InChI=1S/C13H17NO4S/c1-9(10-2-5-19-8-10)13(17)14-3-4-18-11(7-14)6-12(15)16/h2,5,8-9,11H,3-4,6-7H2,1H3,(H,15,16). The van der Waals surface area contributed by atoms with E-state index in [0.29, 0.717) is 19.7 Å². The highest BCUT2D eigenvalue weighted by Gasteiger charge is 2.29. The maximum atomic E-state index is 12.4. The van der Waals surface area contributed by atoms with Crippen LogP contribution in [-0.2, 0) is 14.3 Å². The monoisotopic (exact) mass is 283 g/mol. The van der Waals surface area contributed by atoms with E-state index in [2.05, 4.69) is 0 Å². The van der Waals surface area contributed by atoms with E-state index in [4.69, 9.17) is 9.84 Å². The van der Waals surface area contributed by atoms with Crippen molar-refractivity contribution in [3.8, 4) is 0 Å². The van der Waals surface area contributed by atoms with Crippen molar-refractivity contribution in [3.63, 3.8) is 0 Å². The first kappa shape index (κ1) is 14.0. The Balaban J connectivity index is 1.97. The Kier molecular flexibility index (Phi) is 4.55. The lowest BCUT2D eigenvalue weighted by Gasteiger charge is -2.33. The maximum absolute atomic E-state index is 12.4. The molecule has 0 bridgehead atoms. The van der Waals surface area contributed by atoms with E-state index in [9.17, 15) is 9.59 Å². The van der Waals surface area contributed by atoms with E-state index < -0.39 is 12.1 Å². The van der Waals surface area contributed by atoms with Gasteiger partial charge in [0, 0.05) is 13.1 Å². The highest BCUT2D eigenvalue weighted by atomic mass is 32.1. The summed E-state index contributed by atoms with van der Waals surface area (Å²) in [4.78, 5) is 24.7. The topological polar surface area (TPSA) is 66.8 Å². The van der Waals surface area contributed by atoms with E-state index >= 15 is 0 Å². The highest BCUT2D eigenvalue weighted by molar-refractivity contribution is 7.08. The number of thiophene rings is 1. The van der Waals surface area contributed by atoms with Crippen LogP contribution in [0.3, 0.4) is 0 Å². The van der Waals surface area contributed by atoms with Crippen LogP contribution in [0.5, 0.6) is 0 Å². The number of carbonyl (C=O) groups is 2. The molecular formula is C13H17NO4S. The Bertz CT molecular complexity index is 446. The molecular weight excluding hydrogens is 266 g/mol. The smallest absolute Gasteiger partial charge is 0.306 e. The van der Waals surface area contributed by atoms with Crippen LogP contribution in [0.4, 0.5) is 0 Å². The number of carboxylic acid groups (broad SMARTS) is 1. The predicted octanol–water partition coefficient (Wildman–Crippen LogP) is 1.55. The second-order valence-electron chi connectivity index (χ2n) is 4.65. The first-order chi connectivity index (χ1) is 9.08. The average Bonchev–Trinajstić information content (AvgIpc) is 2.90. The van der Waals surface area contributed by atoms with Crippen molar-refractivity contribution >= 4 is 23.2 Å². The van der Waals surface area contributed by atoms with Crippen LogP contribution in [0.15, 0.2) is 16.8 Å². The van der Waals surface area contributed by atoms with Crippen LogP contribution in [0.25, 0.3) is 0 Å². The lowest BCUT2D eigenvalue weighted by molar-refractivity contribution is -0.148. The van der Waals surface area contributed by atoms with E-state index in [1.165, 1.54) is 0 Å². The molecule has 104 valence electrons. The van der Waals surface area contributed by atoms with E-state index in [0.717, 1.165) is 5.56 Å². The molecule has 0 spiro atoms. The Morgan fingerprint density at radius 1 is 1.63 bits per heavy atom. The van der Waals surface area contributed by atoms with Gasteiger partial charge in [0.1, 0.15) is 0 Å². The minimum Gasteiger partial charge on any atom is -0.481 e. The first-order valence-corrected chi connectivity index (χ1v) is 7.16. The predicted molar refractivity (Wildman–Crippen MR) is 71.3 cm³/mol. The zero-order valence-corrected chi connectivity index (χ0v) is 11.6. The molecule has 19 heavy (non-hydrogen) atoms. The molecule has 6 heteroatoms. The lowest BCUT2D eigenvalue weighted by atomic mass is 10.0. The van der Waals surface area contributed by atoms with Gasteiger partial charge < -0.3 is 14.7 Å². The Morgan fingerprint density at radius 3 is 3.05 bits per heavy atom. The van der Waals surface area contributed by atoms with Crippen molar-refractivity contribution in [2.75, 3.05) is 19.7 Å². The normalized spacial score (nSPS) is 21.1. The Hall–Kier alpha value is -1.40. The summed E-state index contributed by atoms with van der Waals surface area (Å²) in [5.74, 6) is -1.04. The van der Waals surface area contributed by atoms with Gasteiger partial charge in [0.2, 0.25) is 5.91 Å². The number of carboxylic acids is 1. The van der Waals surface area contributed by atoms with E-state index in [1.807, 2.05) is 23.8 Å². The van der Waals surface area contributed by atoms with Gasteiger partial charge in [0.15, 0.2) is 0 Å². The van der Waals surface area contributed by atoms with Crippen molar-refractivity contribution in [1.82, 2.24) is 4.90 Å². The van der Waals surface area contributed by atoms with Crippen molar-refractivity contribution in [2.24, 2.45) is 0 Å². The molecule has 2 rings (SSSR count). The number of hydrogen-bond acceptors (Lipinski definition) is 4. The summed E-state index contributed by atoms with van der Waals surface area (Å²) in [5.41, 5.74) is 1.01. The minimum atomic E-state index is -0.898. The van der Waals surface area contributed by atoms with Crippen LogP contribution >= 0.6 is 11.3 Å². The number of nitrogens with zero attached hydrogens (tertiary/aromatic N) is 1. The van der Waals surface area contributed by atoms with Gasteiger partial charge in [-0.3, -0.25) is 9.59 Å². The molecule has 1 N–H and O–H groups in total. The summed E-state index contributed by atoms with van der Waals surface area (Å²) in [6, 6.07) is 1.95. The molecule has 1 aliphatic heterocycles. The zero-order valence-electron chi connectivity index (χ0n) is 10.7. The van der Waals surface area contributed by atoms with Crippen LogP contribution < -0.4 is 0 Å². The van der Waals surface area contributed by atoms with Crippen LogP contribution in [-0.4, -0.2) is 47.7 Å². The van der Waals surface area contributed by atoms with Crippen LogP contribution in [0, 0.1) is 0 Å². The fraction of sp³-hybridized carbons (Fsp3) is 0.538. The summed E-state index contributed by atoms with van der Waals surface area (Å²) < 4.78 is 5.37. The van der Waals surface area contributed by atoms with E-state index in [1.54, 1.807) is 16.2 Å². The minimum absolute atomic E-state index is 0.0390. The summed E-state index contributed by atoms with van der Waals surface area (Å²) in [7, 11) is 0. The van der Waals surface area contributed by atoms with Crippen molar-refractivity contribution < 1.29 is 19.4 Å². The third kappa shape index (κ3) is 3.54. The summed E-state index contributed by atoms with van der Waals surface area (Å²) in [6.07, 6.45) is -0.457. The number of rotatable bonds is 4. The zero-order chi connectivity index (χ0) is 13.8. The van der Waals surface area contributed by atoms with Crippen LogP contribution in [0.2, 0.25) is 0 Å². The van der Waals surface area contributed by atoms with Crippen molar-refractivity contribution in [1.29, 1.82) is 0 Å². The van der Waals surface area contributed by atoms with Gasteiger partial charge in [-0.05, 0) is 29.3 Å². The highest BCUT2D eigenvalue weighted by Crippen LogP contribution is 2.22. The molecule has 0 aliphatic carbocycles. The number of amides is 1. The van der Waals surface area contributed by atoms with Crippen molar-refractivity contribution in [2.45, 2.75) is 25.4 Å². The molecule has 1 aromatic rings. The van der Waals surface area contributed by atoms with Gasteiger partial charge in [-0.25, -0.2) is 0 Å². The summed E-state index contributed by atoms with van der Waals surface area (Å²) >= 11 is 1.57. The molecule has 0 radical (unpaired) electrons. The molecule has 0 saturated carbocycles. The van der Waals surface area contributed by atoms with Crippen molar-refractivity contribution in [3.05, 3.63) is 22.4 Å². The fourth-order valence-electron chi connectivity index (χ4n) is 2.18. The van der Waals surface area contributed by atoms with Gasteiger partial charge in [0.25, 0.3) is 0 Å². The van der Waals surface area contributed by atoms with Gasteiger partial charge in [-0.1, -0.05) is 0 Å². The maximum Gasteiger partial charge on any atom is 0.306 e. The lowest BCUT2D eigenvalue weighted by Crippen LogP contribution is -2.47. The Morgan fingerprint density at radius 2 is 2.42 bits per heavy atom. The molecule has 0 aromatic carbocycles. The molecule has 1 saturated heterocycles. The third-order valence-corrected chi connectivity index (χ3v) is 3.97. The number of morpholine rings is 1. The Labute approximate surface area is 115 Å². The SMILES string of the molecule is CC(C(=O)N1CCOC(CC(=O)O)C1)c1ccsc1. The number of carbonyl (C=O) groups excluding carboxylic acids is 1. The largest absolute Gasteiger partial charge is 0.481 e. The average molecular weight is 283 g/mol. The number of aliphatic carboxylic acids is 1. The molecule has 2 unspecified atom stereocenters. The quantitative estimate of drug-likeness (QED) is 0.910. The summed E-state index contributed by atoms with van der Waals surface area (Å²) in [5, 5.41) is 12.7. The molecule has 2 atom stereocenters. The third-order valence-electron chi connectivity index (χ3n) is 3.27. The molecule has 1 aromatic heterocycles. The number of ether oxygens (including phenoxy) is 1. The molecule has 5 nitrogen and oxygen atoms in total. The molecule has 1 aliphatic rings. The van der Waals surface area contributed by atoms with E-state index in [-0.39, 0.29) is 18.2 Å². The molecule has 1 amide bonds. The summed E-state index contributed by atoms with van der Waals surface area (Å²) in [6.45, 7) is 3.18. The second-order valence-corrected chi connectivity index (χ2v) is 5.43. The van der Waals surface area contributed by atoms with Gasteiger partial charge >= 0.3 is 5.97 Å². The molecule has 1 fully saturated rings. The number of hydrogen-bond donors (Lipinski definition) is 1. The first-order valence-electron chi connectivity index (χ1n) is 6.22.